The van der Waals surface area contributed by atoms with E-state index in [4.69, 9.17) is 13.9 Å². The lowest BCUT2D eigenvalue weighted by molar-refractivity contribution is -0.119. The van der Waals surface area contributed by atoms with Crippen LogP contribution in [-0.2, 0) is 17.8 Å². The molecule has 4 rings (SSSR count). The van der Waals surface area contributed by atoms with Crippen molar-refractivity contribution in [2.45, 2.75) is 46.1 Å². The molecule has 0 spiro atoms. The number of hydrogen-bond acceptors (Lipinski definition) is 7. The summed E-state index contributed by atoms with van der Waals surface area (Å²) in [4.78, 5) is 29.5. The third-order valence-corrected chi connectivity index (χ3v) is 5.79. The number of Topliss-reactive ketones (excluding diaryl/α,β-unsaturated/α-hetero) is 1. The van der Waals surface area contributed by atoms with Crippen molar-refractivity contribution in [2.24, 2.45) is 5.41 Å². The number of ether oxygens (including phenoxy) is 2. The van der Waals surface area contributed by atoms with Crippen LogP contribution in [0, 0.1) is 5.41 Å². The minimum absolute atomic E-state index is 0.116. The third kappa shape index (κ3) is 4.59. The first-order valence-corrected chi connectivity index (χ1v) is 10.6. The second-order valence-electron chi connectivity index (χ2n) is 8.86. The second-order valence-corrected chi connectivity index (χ2v) is 8.86. The van der Waals surface area contributed by atoms with Crippen molar-refractivity contribution in [2.75, 3.05) is 14.2 Å². The van der Waals surface area contributed by atoms with Gasteiger partial charge in [0.05, 0.1) is 14.2 Å². The molecule has 0 radical (unpaired) electrons. The van der Waals surface area contributed by atoms with Gasteiger partial charge < -0.3 is 13.9 Å². The summed E-state index contributed by atoms with van der Waals surface area (Å²) in [6, 6.07) is 6.74. The first-order valence-electron chi connectivity index (χ1n) is 10.6. The molecule has 1 aromatic carbocycles. The molecular formula is C24H27N3O5. The minimum atomic E-state index is -0.368. The summed E-state index contributed by atoms with van der Waals surface area (Å²) in [5.41, 5.74) is 3.53. The average molecular weight is 437 g/mol. The Morgan fingerprint density at radius 1 is 1.22 bits per heavy atom. The maximum absolute atomic E-state index is 12.7. The van der Waals surface area contributed by atoms with Gasteiger partial charge in [-0.1, -0.05) is 26.0 Å². The maximum Gasteiger partial charge on any atom is 0.394 e. The van der Waals surface area contributed by atoms with Crippen LogP contribution in [0.1, 0.15) is 44.4 Å². The number of fused-ring (bicyclic) bond motifs is 1. The Bertz CT molecular complexity index is 1250. The maximum atomic E-state index is 12.7. The first kappa shape index (κ1) is 21.8. The molecule has 0 amide bonds. The number of aromatic nitrogens is 3. The van der Waals surface area contributed by atoms with Crippen molar-refractivity contribution >= 4 is 22.5 Å². The Kier molecular flexibility index (Phi) is 5.86. The van der Waals surface area contributed by atoms with Crippen LogP contribution in [0.2, 0.25) is 0 Å². The van der Waals surface area contributed by atoms with Crippen molar-refractivity contribution in [3.05, 3.63) is 52.0 Å². The molecule has 168 valence electrons. The number of hydrogen-bond donors (Lipinski definition) is 0. The summed E-state index contributed by atoms with van der Waals surface area (Å²) in [6.45, 7) is 4.35. The lowest BCUT2D eigenvalue weighted by Crippen LogP contribution is -2.28. The second kappa shape index (κ2) is 8.61. The Morgan fingerprint density at radius 2 is 2.03 bits per heavy atom. The first-order chi connectivity index (χ1) is 15.3. The molecule has 2 heterocycles. The molecule has 0 unspecified atom stereocenters. The summed E-state index contributed by atoms with van der Waals surface area (Å²) >= 11 is 0. The van der Waals surface area contributed by atoms with Gasteiger partial charge in [0.1, 0.15) is 17.8 Å². The van der Waals surface area contributed by atoms with Crippen LogP contribution in [0.15, 0.2) is 39.6 Å². The fraction of sp³-hybridized carbons (Fsp3) is 0.417. The highest BCUT2D eigenvalue weighted by Crippen LogP contribution is 2.39. The SMILES string of the molecule is COc1nc2cc(CC(=O)Cn3nc(C4=CCC(C)(C)CC4)c(OC)cc3=O)ccc2o1. The standard InChI is InChI=1S/C24H27N3O5/c1-24(2)9-7-16(8-10-24)22-20(30-3)13-21(29)27(26-22)14-17(28)11-15-5-6-19-18(12-15)25-23(31-4)32-19/h5-7,12-13H,8-11,14H2,1-4H3. The van der Waals surface area contributed by atoms with Crippen LogP contribution < -0.4 is 15.0 Å². The van der Waals surface area contributed by atoms with Crippen LogP contribution in [0.3, 0.4) is 0 Å². The molecule has 0 N–H and O–H groups in total. The topological polar surface area (TPSA) is 96.5 Å². The number of oxazole rings is 1. The number of rotatable bonds is 7. The van der Waals surface area contributed by atoms with Crippen LogP contribution in [0.4, 0.5) is 0 Å². The zero-order valence-electron chi connectivity index (χ0n) is 18.8. The average Bonchev–Trinajstić information content (AvgIpc) is 3.17. The van der Waals surface area contributed by atoms with Gasteiger partial charge in [-0.15, -0.1) is 0 Å². The van der Waals surface area contributed by atoms with Crippen LogP contribution >= 0.6 is 0 Å². The van der Waals surface area contributed by atoms with Crippen molar-refractivity contribution in [1.29, 1.82) is 0 Å². The molecule has 0 aliphatic heterocycles. The Balaban J connectivity index is 1.55. The molecule has 8 nitrogen and oxygen atoms in total. The molecule has 1 aliphatic rings. The van der Waals surface area contributed by atoms with Gasteiger partial charge in [0, 0.05) is 12.5 Å². The molecule has 0 saturated heterocycles. The lowest BCUT2D eigenvalue weighted by Gasteiger charge is -2.28. The molecule has 0 atom stereocenters. The Labute approximate surface area is 185 Å². The minimum Gasteiger partial charge on any atom is -0.494 e. The van der Waals surface area contributed by atoms with Crippen molar-refractivity contribution < 1.29 is 18.7 Å². The zero-order chi connectivity index (χ0) is 22.9. The number of ketones is 1. The van der Waals surface area contributed by atoms with Gasteiger partial charge in [0.25, 0.3) is 5.56 Å². The van der Waals surface area contributed by atoms with E-state index in [0.29, 0.717) is 22.5 Å². The van der Waals surface area contributed by atoms with Gasteiger partial charge in [0.15, 0.2) is 17.1 Å². The molecule has 3 aromatic rings. The van der Waals surface area contributed by atoms with E-state index in [9.17, 15) is 9.59 Å². The predicted octanol–water partition coefficient (Wildman–Crippen LogP) is 3.81. The van der Waals surface area contributed by atoms with E-state index in [0.717, 1.165) is 30.4 Å². The van der Waals surface area contributed by atoms with E-state index in [-0.39, 0.29) is 35.8 Å². The molecule has 0 saturated carbocycles. The predicted molar refractivity (Wildman–Crippen MR) is 120 cm³/mol. The summed E-state index contributed by atoms with van der Waals surface area (Å²) in [6.07, 6.45) is 5.29. The molecule has 32 heavy (non-hydrogen) atoms. The van der Waals surface area contributed by atoms with E-state index < -0.39 is 0 Å². The molecular weight excluding hydrogens is 410 g/mol. The Hall–Kier alpha value is -3.42. The summed E-state index contributed by atoms with van der Waals surface area (Å²) in [5.74, 6) is 0.305. The van der Waals surface area contributed by atoms with Gasteiger partial charge >= 0.3 is 6.08 Å². The molecule has 0 fully saturated rings. The van der Waals surface area contributed by atoms with Crippen molar-refractivity contribution in [3.63, 3.8) is 0 Å². The van der Waals surface area contributed by atoms with E-state index in [1.165, 1.54) is 25.0 Å². The van der Waals surface area contributed by atoms with Crippen molar-refractivity contribution in [3.8, 4) is 11.8 Å². The largest absolute Gasteiger partial charge is 0.494 e. The highest BCUT2D eigenvalue weighted by atomic mass is 16.6. The van der Waals surface area contributed by atoms with Gasteiger partial charge in [-0.2, -0.15) is 10.1 Å². The van der Waals surface area contributed by atoms with Gasteiger partial charge in [-0.25, -0.2) is 4.68 Å². The fourth-order valence-electron chi connectivity index (χ4n) is 3.86. The smallest absolute Gasteiger partial charge is 0.394 e. The fourth-order valence-corrected chi connectivity index (χ4v) is 3.86. The highest BCUT2D eigenvalue weighted by molar-refractivity contribution is 5.82. The summed E-state index contributed by atoms with van der Waals surface area (Å²) in [5, 5.41) is 4.51. The van der Waals surface area contributed by atoms with Crippen molar-refractivity contribution in [1.82, 2.24) is 14.8 Å². The summed E-state index contributed by atoms with van der Waals surface area (Å²) in [7, 11) is 3.01. The monoisotopic (exact) mass is 437 g/mol. The molecule has 0 bridgehead atoms. The highest BCUT2D eigenvalue weighted by Gasteiger charge is 2.25. The number of carbonyl (C=O) groups excluding carboxylic acids is 1. The molecule has 2 aromatic heterocycles. The molecule has 1 aliphatic carbocycles. The lowest BCUT2D eigenvalue weighted by atomic mass is 9.78. The van der Waals surface area contributed by atoms with E-state index in [1.807, 2.05) is 0 Å². The van der Waals surface area contributed by atoms with E-state index in [2.05, 4.69) is 30.0 Å². The molecule has 8 heteroatoms. The quantitative estimate of drug-likeness (QED) is 0.554. The zero-order valence-corrected chi connectivity index (χ0v) is 18.8. The number of allylic oxidation sites excluding steroid dienone is 2. The number of carbonyl (C=O) groups is 1. The normalized spacial score (nSPS) is 15.4. The Morgan fingerprint density at radius 3 is 2.72 bits per heavy atom. The van der Waals surface area contributed by atoms with Gasteiger partial charge in [0.2, 0.25) is 0 Å². The van der Waals surface area contributed by atoms with Crippen LogP contribution in [0.25, 0.3) is 16.7 Å². The number of methoxy groups -OCH3 is 2. The van der Waals surface area contributed by atoms with Crippen LogP contribution in [0.5, 0.6) is 11.8 Å². The van der Waals surface area contributed by atoms with Gasteiger partial charge in [-0.3, -0.25) is 9.59 Å². The van der Waals surface area contributed by atoms with E-state index >= 15 is 0 Å². The third-order valence-electron chi connectivity index (χ3n) is 5.79. The van der Waals surface area contributed by atoms with E-state index in [1.54, 1.807) is 18.2 Å². The number of nitrogens with zero attached hydrogens (tertiary/aromatic N) is 3. The van der Waals surface area contributed by atoms with Crippen LogP contribution in [-0.4, -0.2) is 34.8 Å². The number of benzene rings is 1. The van der Waals surface area contributed by atoms with Gasteiger partial charge in [-0.05, 0) is 47.9 Å². The summed E-state index contributed by atoms with van der Waals surface area (Å²) < 4.78 is 17.0.